The molecule has 3 saturated heterocycles. The second-order valence-electron chi connectivity index (χ2n) is 14.8. The third kappa shape index (κ3) is 8.42. The summed E-state index contributed by atoms with van der Waals surface area (Å²) >= 11 is 0. The summed E-state index contributed by atoms with van der Waals surface area (Å²) in [6.45, 7) is 4.13. The number of ether oxygens (including phenoxy) is 1. The predicted molar refractivity (Wildman–Crippen MR) is 211 cm³/mol. The van der Waals surface area contributed by atoms with Crippen LogP contribution >= 0.6 is 0 Å². The summed E-state index contributed by atoms with van der Waals surface area (Å²) < 4.78 is 7.75. The van der Waals surface area contributed by atoms with E-state index < -0.39 is 18.2 Å². The van der Waals surface area contributed by atoms with E-state index >= 15 is 0 Å². The van der Waals surface area contributed by atoms with Gasteiger partial charge in [-0.15, -0.1) is 0 Å². The first kappa shape index (κ1) is 38.6. The van der Waals surface area contributed by atoms with Gasteiger partial charge in [-0.25, -0.2) is 4.79 Å². The normalized spacial score (nSPS) is 18.7. The molecule has 2 bridgehead atoms. The van der Waals surface area contributed by atoms with E-state index in [9.17, 15) is 29.7 Å². The van der Waals surface area contributed by atoms with Gasteiger partial charge in [0.2, 0.25) is 5.56 Å². The van der Waals surface area contributed by atoms with Gasteiger partial charge in [-0.05, 0) is 91.8 Å². The van der Waals surface area contributed by atoms with Crippen LogP contribution in [-0.4, -0.2) is 109 Å². The number of hydrogen-bond donors (Lipinski definition) is 5. The van der Waals surface area contributed by atoms with Gasteiger partial charge in [0.1, 0.15) is 29.5 Å². The molecule has 0 radical (unpaired) electrons. The number of H-pyrrole nitrogens is 1. The molecule has 0 saturated carbocycles. The Bertz CT molecular complexity index is 2220. The third-order valence-corrected chi connectivity index (χ3v) is 11.1. The Morgan fingerprint density at radius 2 is 1.79 bits per heavy atom. The summed E-state index contributed by atoms with van der Waals surface area (Å²) in [4.78, 5) is 46.4. The van der Waals surface area contributed by atoms with Crippen molar-refractivity contribution in [2.75, 3.05) is 46.3 Å². The van der Waals surface area contributed by atoms with Gasteiger partial charge in [0.25, 0.3) is 5.91 Å². The van der Waals surface area contributed by atoms with Crippen molar-refractivity contribution in [1.29, 1.82) is 0 Å². The van der Waals surface area contributed by atoms with E-state index in [0.717, 1.165) is 43.6 Å². The van der Waals surface area contributed by atoms with Crippen LogP contribution in [0.2, 0.25) is 0 Å². The van der Waals surface area contributed by atoms with E-state index in [2.05, 4.69) is 20.3 Å². The highest BCUT2D eigenvalue weighted by Gasteiger charge is 2.43. The maximum Gasteiger partial charge on any atom is 0.408 e. The molecule has 14 nitrogen and oxygen atoms in total. The number of carbonyl (C=O) groups excluding carboxylic acids is 1. The minimum Gasteiger partial charge on any atom is -0.506 e. The zero-order valence-electron chi connectivity index (χ0n) is 31.7. The largest absolute Gasteiger partial charge is 0.506 e. The maximum atomic E-state index is 13.4. The van der Waals surface area contributed by atoms with Crippen molar-refractivity contribution in [3.63, 3.8) is 0 Å². The number of hydrogen-bond acceptors (Lipinski definition) is 9. The smallest absolute Gasteiger partial charge is 0.408 e. The summed E-state index contributed by atoms with van der Waals surface area (Å²) in [5.74, 6) is 0.645. The number of phenols is 1. The number of aliphatic hydroxyl groups excluding tert-OH is 1. The van der Waals surface area contributed by atoms with E-state index in [1.54, 1.807) is 46.8 Å². The van der Waals surface area contributed by atoms with Gasteiger partial charge in [-0.1, -0.05) is 48.5 Å². The Balaban J connectivity index is 0.948. The Labute approximate surface area is 324 Å². The molecule has 3 aromatic carbocycles. The average molecular weight is 764 g/mol. The maximum absolute atomic E-state index is 13.4. The molecule has 3 aliphatic heterocycles. The number of benzene rings is 3. The van der Waals surface area contributed by atoms with Crippen LogP contribution in [0.15, 0.2) is 89.7 Å². The fourth-order valence-electron chi connectivity index (χ4n) is 8.21. The van der Waals surface area contributed by atoms with E-state index in [0.29, 0.717) is 53.5 Å². The number of fused-ring (bicyclic) bond motifs is 4. The van der Waals surface area contributed by atoms with Gasteiger partial charge in [0, 0.05) is 45.2 Å². The predicted octanol–water partition coefficient (Wildman–Crippen LogP) is 4.50. The summed E-state index contributed by atoms with van der Waals surface area (Å²) in [6, 6.07) is 24.5. The molecule has 2 aromatic heterocycles. The molecule has 3 aliphatic rings. The topological polar surface area (TPSA) is 176 Å². The Morgan fingerprint density at radius 1 is 1.02 bits per heavy atom. The summed E-state index contributed by atoms with van der Waals surface area (Å²) in [5.41, 5.74) is 3.24. The lowest BCUT2D eigenvalue weighted by Gasteiger charge is -2.50. The molecule has 2 unspecified atom stereocenters. The number of aromatic amines is 1. The quantitative estimate of drug-likeness (QED) is 0.0956. The second kappa shape index (κ2) is 17.0. The molecule has 8 rings (SSSR count). The van der Waals surface area contributed by atoms with Crippen molar-refractivity contribution >= 4 is 22.9 Å². The SMILES string of the molecule is CN(CCCNCC(O)c1ccc(O)c2[nH]c(=O)ccc12)C(=O)c1cc(COc2cccc([C@H](c3ccccc3)N(C(=O)O)C3CN4CCC3CC4)c2)nn1C. The molecule has 5 aromatic rings. The van der Waals surface area contributed by atoms with Crippen LogP contribution in [-0.2, 0) is 13.7 Å². The van der Waals surface area contributed by atoms with Crippen LogP contribution in [0.1, 0.15) is 64.3 Å². The zero-order chi connectivity index (χ0) is 39.3. The fraction of sp³-hybridized carbons (Fsp3) is 0.381. The minimum absolute atomic E-state index is 0.0645. The number of piperidine rings is 3. The lowest BCUT2D eigenvalue weighted by Crippen LogP contribution is -2.59. The van der Waals surface area contributed by atoms with Crippen LogP contribution in [0.4, 0.5) is 4.79 Å². The number of pyridine rings is 1. The molecule has 294 valence electrons. The molecule has 5 heterocycles. The highest BCUT2D eigenvalue weighted by atomic mass is 16.5. The average Bonchev–Trinajstić information content (AvgIpc) is 3.59. The number of aryl methyl sites for hydroxylation is 1. The Kier molecular flexibility index (Phi) is 11.7. The van der Waals surface area contributed by atoms with Gasteiger partial charge < -0.3 is 40.2 Å². The molecule has 56 heavy (non-hydrogen) atoms. The van der Waals surface area contributed by atoms with Crippen molar-refractivity contribution < 1.29 is 29.6 Å². The highest BCUT2D eigenvalue weighted by Crippen LogP contribution is 2.39. The lowest BCUT2D eigenvalue weighted by atomic mass is 9.81. The molecule has 5 N–H and O–H groups in total. The number of carboxylic acid groups (broad SMARTS) is 1. The number of phenolic OH excluding ortho intramolecular Hbond substituents is 1. The first-order valence-corrected chi connectivity index (χ1v) is 19.1. The first-order chi connectivity index (χ1) is 27.1. The molecule has 0 aliphatic carbocycles. The fourth-order valence-corrected chi connectivity index (χ4v) is 8.21. The van der Waals surface area contributed by atoms with Crippen molar-refractivity contribution in [3.05, 3.63) is 123 Å². The van der Waals surface area contributed by atoms with Crippen LogP contribution in [0.25, 0.3) is 10.9 Å². The third-order valence-electron chi connectivity index (χ3n) is 11.1. The van der Waals surface area contributed by atoms with Crippen molar-refractivity contribution in [2.45, 2.75) is 44.1 Å². The molecular weight excluding hydrogens is 715 g/mol. The van der Waals surface area contributed by atoms with E-state index in [1.807, 2.05) is 54.6 Å². The number of aromatic nitrogens is 3. The van der Waals surface area contributed by atoms with Crippen LogP contribution < -0.4 is 15.6 Å². The van der Waals surface area contributed by atoms with Gasteiger partial charge >= 0.3 is 6.09 Å². The number of aromatic hydroxyl groups is 1. The molecule has 0 spiro atoms. The molecule has 14 heteroatoms. The summed E-state index contributed by atoms with van der Waals surface area (Å²) in [7, 11) is 3.45. The number of carbonyl (C=O) groups is 2. The van der Waals surface area contributed by atoms with Crippen molar-refractivity contribution in [2.24, 2.45) is 13.0 Å². The number of rotatable bonds is 15. The summed E-state index contributed by atoms with van der Waals surface area (Å²) in [6.07, 6.45) is 0.818. The van der Waals surface area contributed by atoms with Crippen molar-refractivity contribution in [3.8, 4) is 11.5 Å². The standard InChI is InChI=1S/C42H49N7O7/c1-46(19-7-18-43-24-37(51)32-12-14-36(50)39-33(32)13-15-38(52)44-39)41(53)34-23-30(45-47(34)2)26-56-31-11-6-10-29(22-31)40(28-8-4-3-5-9-28)49(42(54)55)35-25-48-20-16-27(35)17-21-48/h3-6,8-15,22-23,27,35,37,40,43,50-51H,7,16-21,24-26H2,1-2H3,(H,44,52)(H,54,55)/t35?,37?,40-/m0/s1. The first-order valence-electron chi connectivity index (χ1n) is 19.1. The zero-order valence-corrected chi connectivity index (χ0v) is 31.7. The highest BCUT2D eigenvalue weighted by molar-refractivity contribution is 5.92. The van der Waals surface area contributed by atoms with Crippen LogP contribution in [0.3, 0.4) is 0 Å². The van der Waals surface area contributed by atoms with Gasteiger partial charge in [-0.2, -0.15) is 5.10 Å². The number of nitrogens with zero attached hydrogens (tertiary/aromatic N) is 5. The molecule has 3 atom stereocenters. The van der Waals surface area contributed by atoms with E-state index in [1.165, 1.54) is 12.1 Å². The van der Waals surface area contributed by atoms with Gasteiger partial charge in [-0.3, -0.25) is 19.2 Å². The lowest BCUT2D eigenvalue weighted by molar-refractivity contribution is -0.000814. The van der Waals surface area contributed by atoms with Gasteiger partial charge in [0.05, 0.1) is 23.7 Å². The number of nitrogens with one attached hydrogen (secondary N) is 2. The molecule has 3 fully saturated rings. The molecule has 2 amide bonds. The Morgan fingerprint density at radius 3 is 2.52 bits per heavy atom. The second-order valence-corrected chi connectivity index (χ2v) is 14.8. The van der Waals surface area contributed by atoms with Crippen LogP contribution in [0, 0.1) is 5.92 Å². The van der Waals surface area contributed by atoms with Crippen molar-refractivity contribution in [1.82, 2.24) is 34.8 Å². The van der Waals surface area contributed by atoms with Gasteiger partial charge in [0.15, 0.2) is 0 Å². The van der Waals surface area contributed by atoms with E-state index in [4.69, 9.17) is 4.74 Å². The monoisotopic (exact) mass is 763 g/mol. The Hall–Kier alpha value is -5.70. The number of aliphatic hydroxyl groups is 1. The van der Waals surface area contributed by atoms with E-state index in [-0.39, 0.29) is 41.9 Å². The number of amides is 2. The summed E-state index contributed by atoms with van der Waals surface area (Å²) in [5, 5.41) is 39.9. The minimum atomic E-state index is -0.936. The van der Waals surface area contributed by atoms with Crippen LogP contribution in [0.5, 0.6) is 11.5 Å². The molecular formula is C42H49N7O7.